The van der Waals surface area contributed by atoms with E-state index in [1.807, 2.05) is 18.4 Å². The van der Waals surface area contributed by atoms with Crippen molar-refractivity contribution in [3.8, 4) is 0 Å². The maximum Gasteiger partial charge on any atom is 0.128 e. The predicted octanol–water partition coefficient (Wildman–Crippen LogP) is 4.49. The molecule has 1 unspecified atom stereocenters. The first-order chi connectivity index (χ1) is 8.61. The molecule has 96 valence electrons. The monoisotopic (exact) mass is 331 g/mol. The van der Waals surface area contributed by atoms with E-state index >= 15 is 0 Å². The molecule has 0 aliphatic carbocycles. The lowest BCUT2D eigenvalue weighted by atomic mass is 10.0. The van der Waals surface area contributed by atoms with Crippen LogP contribution < -0.4 is 5.32 Å². The Morgan fingerprint density at radius 3 is 2.72 bits per heavy atom. The van der Waals surface area contributed by atoms with Crippen molar-refractivity contribution >= 4 is 27.3 Å². The molecule has 0 saturated heterocycles. The van der Waals surface area contributed by atoms with Gasteiger partial charge in [-0.3, -0.25) is 0 Å². The highest BCUT2D eigenvalue weighted by molar-refractivity contribution is 9.10. The smallest absolute Gasteiger partial charge is 0.128 e. The lowest BCUT2D eigenvalue weighted by Gasteiger charge is -2.17. The highest BCUT2D eigenvalue weighted by Gasteiger charge is 2.19. The Balaban J connectivity index is 2.44. The summed E-state index contributed by atoms with van der Waals surface area (Å²) in [5, 5.41) is 5.11. The van der Waals surface area contributed by atoms with Crippen LogP contribution in [0, 0.1) is 11.6 Å². The van der Waals surface area contributed by atoms with Crippen LogP contribution in [0.1, 0.15) is 23.4 Å². The van der Waals surface area contributed by atoms with Gasteiger partial charge in [0, 0.05) is 20.3 Å². The molecule has 0 aliphatic heterocycles. The van der Waals surface area contributed by atoms with Gasteiger partial charge < -0.3 is 5.32 Å². The van der Waals surface area contributed by atoms with Gasteiger partial charge in [-0.15, -0.1) is 11.3 Å². The van der Waals surface area contributed by atoms with Gasteiger partial charge in [-0.05, 0) is 46.7 Å². The van der Waals surface area contributed by atoms with Crippen molar-refractivity contribution in [2.24, 2.45) is 0 Å². The maximum atomic E-state index is 13.8. The third kappa shape index (κ3) is 2.96. The molecule has 0 bridgehead atoms. The Morgan fingerprint density at radius 2 is 2.11 bits per heavy atom. The van der Waals surface area contributed by atoms with E-state index in [2.05, 4.69) is 21.2 Å². The second kappa shape index (κ2) is 5.91. The summed E-state index contributed by atoms with van der Waals surface area (Å²) >= 11 is 4.88. The zero-order valence-corrected chi connectivity index (χ0v) is 12.1. The third-order valence-electron chi connectivity index (χ3n) is 2.55. The predicted molar refractivity (Wildman–Crippen MR) is 73.9 cm³/mol. The molecule has 0 amide bonds. The van der Waals surface area contributed by atoms with E-state index in [0.717, 1.165) is 21.5 Å². The van der Waals surface area contributed by atoms with Crippen LogP contribution in [0.2, 0.25) is 0 Å². The summed E-state index contributed by atoms with van der Waals surface area (Å²) in [5.74, 6) is -0.822. The van der Waals surface area contributed by atoms with Crippen molar-refractivity contribution < 1.29 is 8.78 Å². The zero-order valence-electron chi connectivity index (χ0n) is 9.71. The molecule has 1 nitrogen and oxygen atoms in total. The Bertz CT molecular complexity index is 542. The minimum atomic E-state index is -0.426. The van der Waals surface area contributed by atoms with E-state index in [4.69, 9.17) is 0 Å². The van der Waals surface area contributed by atoms with Crippen LogP contribution in [0.4, 0.5) is 8.78 Å². The van der Waals surface area contributed by atoms with Crippen LogP contribution in [-0.2, 0) is 0 Å². The van der Waals surface area contributed by atoms with E-state index in [1.54, 1.807) is 0 Å². The summed E-state index contributed by atoms with van der Waals surface area (Å²) in [7, 11) is 0. The highest BCUT2D eigenvalue weighted by atomic mass is 79.9. The zero-order chi connectivity index (χ0) is 13.1. The van der Waals surface area contributed by atoms with Crippen LogP contribution in [0.25, 0.3) is 0 Å². The summed E-state index contributed by atoms with van der Waals surface area (Å²) in [5.41, 5.74) is 0.339. The van der Waals surface area contributed by atoms with Gasteiger partial charge in [0.05, 0.1) is 6.04 Å². The lowest BCUT2D eigenvalue weighted by Crippen LogP contribution is -2.22. The van der Waals surface area contributed by atoms with Crippen molar-refractivity contribution in [3.63, 3.8) is 0 Å². The number of halogens is 3. The molecule has 18 heavy (non-hydrogen) atoms. The summed E-state index contributed by atoms with van der Waals surface area (Å²) in [6.45, 7) is 2.61. The first-order valence-corrected chi connectivity index (χ1v) is 7.21. The molecule has 1 N–H and O–H groups in total. The minimum absolute atomic E-state index is 0.318. The molecule has 0 aliphatic rings. The van der Waals surface area contributed by atoms with Gasteiger partial charge in [0.2, 0.25) is 0 Å². The van der Waals surface area contributed by atoms with E-state index < -0.39 is 11.6 Å². The van der Waals surface area contributed by atoms with Crippen molar-refractivity contribution in [1.82, 2.24) is 5.32 Å². The van der Waals surface area contributed by atoms with Gasteiger partial charge >= 0.3 is 0 Å². The third-order valence-corrected chi connectivity index (χ3v) is 4.31. The van der Waals surface area contributed by atoms with E-state index in [1.165, 1.54) is 17.4 Å². The molecule has 0 spiro atoms. The molecule has 1 aromatic carbocycles. The fourth-order valence-electron chi connectivity index (χ4n) is 1.78. The second-order valence-corrected chi connectivity index (χ2v) is 5.68. The molecule has 1 aromatic heterocycles. The molecule has 2 aromatic rings. The average Bonchev–Trinajstić information content (AvgIpc) is 2.76. The Labute approximate surface area is 117 Å². The quantitative estimate of drug-likeness (QED) is 0.870. The molecule has 0 fully saturated rings. The number of benzene rings is 1. The Hall–Kier alpha value is -0.780. The Kier molecular flexibility index (Phi) is 4.48. The van der Waals surface area contributed by atoms with E-state index in [0.29, 0.717) is 12.1 Å². The van der Waals surface area contributed by atoms with Gasteiger partial charge in [-0.1, -0.05) is 6.92 Å². The molecule has 0 radical (unpaired) electrons. The van der Waals surface area contributed by atoms with Gasteiger partial charge in [0.15, 0.2) is 0 Å². The Morgan fingerprint density at radius 1 is 1.33 bits per heavy atom. The van der Waals surface area contributed by atoms with Crippen molar-refractivity contribution in [3.05, 3.63) is 56.2 Å². The number of hydrogen-bond acceptors (Lipinski definition) is 2. The molecule has 5 heteroatoms. The topological polar surface area (TPSA) is 12.0 Å². The molecular formula is C13H12BrF2NS. The highest BCUT2D eigenvalue weighted by Crippen LogP contribution is 2.31. The molecular weight excluding hydrogens is 320 g/mol. The van der Waals surface area contributed by atoms with Gasteiger partial charge in [0.1, 0.15) is 11.6 Å². The number of rotatable bonds is 4. The largest absolute Gasteiger partial charge is 0.306 e. The first-order valence-electron chi connectivity index (χ1n) is 5.54. The first kappa shape index (κ1) is 13.6. The standard InChI is InChI=1S/C13H12BrF2NS/c1-2-17-13(12-5-8(14)7-18-12)10-6-9(15)3-4-11(10)16/h3-7,13,17H,2H2,1H3. The fourth-order valence-corrected chi connectivity index (χ4v) is 3.32. The van der Waals surface area contributed by atoms with Crippen LogP contribution in [0.15, 0.2) is 34.1 Å². The lowest BCUT2D eigenvalue weighted by molar-refractivity contribution is 0.548. The number of hydrogen-bond donors (Lipinski definition) is 1. The van der Waals surface area contributed by atoms with Crippen LogP contribution in [0.3, 0.4) is 0 Å². The summed E-state index contributed by atoms with van der Waals surface area (Å²) in [6.07, 6.45) is 0. The number of nitrogens with one attached hydrogen (secondary N) is 1. The normalized spacial score (nSPS) is 12.7. The maximum absolute atomic E-state index is 13.8. The molecule has 0 saturated carbocycles. The van der Waals surface area contributed by atoms with Crippen molar-refractivity contribution in [2.45, 2.75) is 13.0 Å². The van der Waals surface area contributed by atoms with Crippen LogP contribution in [-0.4, -0.2) is 6.54 Å². The second-order valence-electron chi connectivity index (χ2n) is 3.82. The summed E-state index contributed by atoms with van der Waals surface area (Å²) in [6, 6.07) is 5.14. The molecule has 2 rings (SSSR count). The van der Waals surface area contributed by atoms with Crippen molar-refractivity contribution in [2.75, 3.05) is 6.54 Å². The van der Waals surface area contributed by atoms with E-state index in [9.17, 15) is 8.78 Å². The summed E-state index contributed by atoms with van der Waals surface area (Å²) < 4.78 is 28.0. The van der Waals surface area contributed by atoms with Crippen molar-refractivity contribution in [1.29, 1.82) is 0 Å². The van der Waals surface area contributed by atoms with Gasteiger partial charge in [-0.2, -0.15) is 0 Å². The minimum Gasteiger partial charge on any atom is -0.306 e. The van der Waals surface area contributed by atoms with Crippen LogP contribution >= 0.6 is 27.3 Å². The molecule has 1 heterocycles. The van der Waals surface area contributed by atoms with Gasteiger partial charge in [0.25, 0.3) is 0 Å². The van der Waals surface area contributed by atoms with E-state index in [-0.39, 0.29) is 6.04 Å². The SMILES string of the molecule is CCNC(c1cc(Br)cs1)c1cc(F)ccc1F. The summed E-state index contributed by atoms with van der Waals surface area (Å²) in [4.78, 5) is 0.952. The van der Waals surface area contributed by atoms with Gasteiger partial charge in [-0.25, -0.2) is 8.78 Å². The average molecular weight is 332 g/mol. The number of thiophene rings is 1. The molecule has 1 atom stereocenters. The van der Waals surface area contributed by atoms with Crippen LogP contribution in [0.5, 0.6) is 0 Å². The fraction of sp³-hybridized carbons (Fsp3) is 0.231.